The first kappa shape index (κ1) is 9.20. The number of aryl methyl sites for hydroxylation is 1. The van der Waals surface area contributed by atoms with Crippen LogP contribution in [0, 0.1) is 6.92 Å². The van der Waals surface area contributed by atoms with Crippen molar-refractivity contribution < 1.29 is 4.79 Å². The molecule has 0 aliphatic heterocycles. The molecule has 1 heterocycles. The summed E-state index contributed by atoms with van der Waals surface area (Å²) < 4.78 is 0. The molecular formula is C9H10ClNO. The third-order valence-corrected chi connectivity index (χ3v) is 1.92. The van der Waals surface area contributed by atoms with E-state index in [0.29, 0.717) is 11.6 Å². The Morgan fingerprint density at radius 1 is 1.67 bits per heavy atom. The van der Waals surface area contributed by atoms with E-state index in [1.165, 1.54) is 0 Å². The summed E-state index contributed by atoms with van der Waals surface area (Å²) in [6, 6.07) is 1.89. The average molecular weight is 184 g/mol. The average Bonchev–Trinajstić information content (AvgIpc) is 1.96. The van der Waals surface area contributed by atoms with Crippen LogP contribution in [0.3, 0.4) is 0 Å². The summed E-state index contributed by atoms with van der Waals surface area (Å²) in [4.78, 5) is 14.7. The van der Waals surface area contributed by atoms with Crippen molar-refractivity contribution in [1.82, 2.24) is 4.98 Å². The molecule has 1 aromatic heterocycles. The lowest BCUT2D eigenvalue weighted by atomic mass is 10.1. The highest BCUT2D eigenvalue weighted by Gasteiger charge is 2.00. The SMILES string of the molecule is CC(=O)Cc1cnc(Cl)c(C)c1. The third kappa shape index (κ3) is 2.31. The number of Topliss-reactive ketones (excluding diaryl/α,β-unsaturated/α-hetero) is 1. The van der Waals surface area contributed by atoms with Crippen LogP contribution in [0.2, 0.25) is 5.15 Å². The van der Waals surface area contributed by atoms with E-state index in [1.54, 1.807) is 13.1 Å². The molecule has 0 bridgehead atoms. The predicted molar refractivity (Wildman–Crippen MR) is 48.4 cm³/mol. The van der Waals surface area contributed by atoms with Crippen LogP contribution in [0.15, 0.2) is 12.3 Å². The minimum atomic E-state index is 0.138. The van der Waals surface area contributed by atoms with Gasteiger partial charge in [-0.05, 0) is 25.0 Å². The number of nitrogens with zero attached hydrogens (tertiary/aromatic N) is 1. The lowest BCUT2D eigenvalue weighted by molar-refractivity contribution is -0.116. The molecule has 12 heavy (non-hydrogen) atoms. The fraction of sp³-hybridized carbons (Fsp3) is 0.333. The van der Waals surface area contributed by atoms with Gasteiger partial charge in [0, 0.05) is 12.6 Å². The van der Waals surface area contributed by atoms with Crippen molar-refractivity contribution in [3.8, 4) is 0 Å². The molecule has 0 amide bonds. The Morgan fingerprint density at radius 3 is 2.83 bits per heavy atom. The van der Waals surface area contributed by atoms with E-state index < -0.39 is 0 Å². The van der Waals surface area contributed by atoms with E-state index in [1.807, 2.05) is 13.0 Å². The minimum Gasteiger partial charge on any atom is -0.300 e. The van der Waals surface area contributed by atoms with E-state index >= 15 is 0 Å². The van der Waals surface area contributed by atoms with Crippen molar-refractivity contribution in [3.05, 3.63) is 28.5 Å². The Labute approximate surface area is 76.6 Å². The number of halogens is 1. The minimum absolute atomic E-state index is 0.138. The normalized spacial score (nSPS) is 9.92. The number of carbonyl (C=O) groups is 1. The van der Waals surface area contributed by atoms with Gasteiger partial charge in [-0.25, -0.2) is 4.98 Å². The molecule has 0 aromatic carbocycles. The number of hydrogen-bond donors (Lipinski definition) is 0. The van der Waals surface area contributed by atoms with Crippen LogP contribution < -0.4 is 0 Å². The molecular weight excluding hydrogens is 174 g/mol. The largest absolute Gasteiger partial charge is 0.300 e. The molecule has 0 spiro atoms. The highest BCUT2D eigenvalue weighted by atomic mass is 35.5. The zero-order chi connectivity index (χ0) is 9.14. The molecule has 1 aromatic rings. The summed E-state index contributed by atoms with van der Waals surface area (Å²) >= 11 is 5.72. The van der Waals surface area contributed by atoms with Crippen LogP contribution in [-0.2, 0) is 11.2 Å². The Hall–Kier alpha value is -0.890. The van der Waals surface area contributed by atoms with Crippen LogP contribution in [0.4, 0.5) is 0 Å². The van der Waals surface area contributed by atoms with Gasteiger partial charge in [0.2, 0.25) is 0 Å². The fourth-order valence-electron chi connectivity index (χ4n) is 1.00. The molecule has 0 aliphatic carbocycles. The Morgan fingerprint density at radius 2 is 2.33 bits per heavy atom. The molecule has 0 saturated carbocycles. The van der Waals surface area contributed by atoms with Gasteiger partial charge < -0.3 is 0 Å². The van der Waals surface area contributed by atoms with Gasteiger partial charge >= 0.3 is 0 Å². The second kappa shape index (κ2) is 3.68. The summed E-state index contributed by atoms with van der Waals surface area (Å²) in [6.45, 7) is 3.43. The van der Waals surface area contributed by atoms with E-state index in [9.17, 15) is 4.79 Å². The maximum absolute atomic E-state index is 10.7. The standard InChI is InChI=1S/C9H10ClNO/c1-6-3-8(4-7(2)12)5-11-9(6)10/h3,5H,4H2,1-2H3. The van der Waals surface area contributed by atoms with Crippen LogP contribution in [0.25, 0.3) is 0 Å². The van der Waals surface area contributed by atoms with Crippen LogP contribution in [0.5, 0.6) is 0 Å². The molecule has 0 fully saturated rings. The Bertz CT molecular complexity index is 309. The quantitative estimate of drug-likeness (QED) is 0.658. The lowest BCUT2D eigenvalue weighted by Gasteiger charge is -2.00. The molecule has 0 atom stereocenters. The highest BCUT2D eigenvalue weighted by Crippen LogP contribution is 2.12. The van der Waals surface area contributed by atoms with E-state index in [0.717, 1.165) is 11.1 Å². The van der Waals surface area contributed by atoms with Gasteiger partial charge in [0.25, 0.3) is 0 Å². The van der Waals surface area contributed by atoms with Crippen LogP contribution in [0.1, 0.15) is 18.1 Å². The highest BCUT2D eigenvalue weighted by molar-refractivity contribution is 6.30. The number of rotatable bonds is 2. The summed E-state index contributed by atoms with van der Waals surface area (Å²) in [7, 11) is 0. The molecule has 0 N–H and O–H groups in total. The van der Waals surface area contributed by atoms with Crippen LogP contribution in [-0.4, -0.2) is 10.8 Å². The lowest BCUT2D eigenvalue weighted by Crippen LogP contribution is -1.97. The van der Waals surface area contributed by atoms with Crippen LogP contribution >= 0.6 is 11.6 Å². The Kier molecular flexibility index (Phi) is 2.82. The van der Waals surface area contributed by atoms with Gasteiger partial charge in [-0.1, -0.05) is 17.7 Å². The monoisotopic (exact) mass is 183 g/mol. The number of aromatic nitrogens is 1. The van der Waals surface area contributed by atoms with Crippen molar-refractivity contribution >= 4 is 17.4 Å². The van der Waals surface area contributed by atoms with Crippen molar-refractivity contribution in [3.63, 3.8) is 0 Å². The van der Waals surface area contributed by atoms with Gasteiger partial charge in [-0.15, -0.1) is 0 Å². The number of pyridine rings is 1. The molecule has 3 heteroatoms. The topological polar surface area (TPSA) is 30.0 Å². The maximum Gasteiger partial charge on any atom is 0.134 e. The first-order valence-corrected chi connectivity index (χ1v) is 4.08. The second-order valence-corrected chi connectivity index (χ2v) is 3.19. The molecule has 0 aliphatic rings. The summed E-state index contributed by atoms with van der Waals surface area (Å²) in [5, 5.41) is 0.502. The maximum atomic E-state index is 10.7. The van der Waals surface area contributed by atoms with Gasteiger partial charge in [0.1, 0.15) is 10.9 Å². The predicted octanol–water partition coefficient (Wildman–Crippen LogP) is 2.17. The summed E-state index contributed by atoms with van der Waals surface area (Å²) in [5.74, 6) is 0.138. The van der Waals surface area contributed by atoms with Gasteiger partial charge in [0.05, 0.1) is 0 Å². The third-order valence-electron chi connectivity index (χ3n) is 1.52. The van der Waals surface area contributed by atoms with Crippen molar-refractivity contribution in [2.45, 2.75) is 20.3 Å². The molecule has 1 rings (SSSR count). The smallest absolute Gasteiger partial charge is 0.134 e. The molecule has 0 unspecified atom stereocenters. The summed E-state index contributed by atoms with van der Waals surface area (Å²) in [5.41, 5.74) is 1.83. The molecule has 2 nitrogen and oxygen atoms in total. The van der Waals surface area contributed by atoms with Gasteiger partial charge in [-0.2, -0.15) is 0 Å². The van der Waals surface area contributed by atoms with Crippen molar-refractivity contribution in [2.75, 3.05) is 0 Å². The van der Waals surface area contributed by atoms with Gasteiger partial charge in [0.15, 0.2) is 0 Å². The first-order chi connectivity index (χ1) is 5.59. The summed E-state index contributed by atoms with van der Waals surface area (Å²) in [6.07, 6.45) is 2.07. The van der Waals surface area contributed by atoms with Gasteiger partial charge in [-0.3, -0.25) is 4.79 Å². The second-order valence-electron chi connectivity index (χ2n) is 2.83. The zero-order valence-corrected chi connectivity index (χ0v) is 7.85. The first-order valence-electron chi connectivity index (χ1n) is 3.70. The number of carbonyl (C=O) groups excluding carboxylic acids is 1. The van der Waals surface area contributed by atoms with Crippen molar-refractivity contribution in [2.24, 2.45) is 0 Å². The van der Waals surface area contributed by atoms with E-state index in [-0.39, 0.29) is 5.78 Å². The number of ketones is 1. The Balaban J connectivity index is 2.89. The van der Waals surface area contributed by atoms with E-state index in [4.69, 9.17) is 11.6 Å². The molecule has 0 saturated heterocycles. The fourth-order valence-corrected chi connectivity index (χ4v) is 1.10. The molecule has 0 radical (unpaired) electrons. The van der Waals surface area contributed by atoms with Crippen molar-refractivity contribution in [1.29, 1.82) is 0 Å². The zero-order valence-electron chi connectivity index (χ0n) is 7.10. The number of hydrogen-bond acceptors (Lipinski definition) is 2. The molecule has 64 valence electrons. The van der Waals surface area contributed by atoms with E-state index in [2.05, 4.69) is 4.98 Å².